The maximum absolute atomic E-state index is 13.8. The molecular formula is C20H21F2N3O3. The number of carbonyl (C=O) groups is 3. The number of hydrogen-bond acceptors (Lipinski definition) is 3. The highest BCUT2D eigenvalue weighted by molar-refractivity contribution is 6.02. The van der Waals surface area contributed by atoms with Gasteiger partial charge in [0.15, 0.2) is 0 Å². The maximum atomic E-state index is 13.8. The van der Waals surface area contributed by atoms with Gasteiger partial charge in [0.05, 0.1) is 0 Å². The van der Waals surface area contributed by atoms with Gasteiger partial charge in [-0.3, -0.25) is 14.4 Å². The summed E-state index contributed by atoms with van der Waals surface area (Å²) < 4.78 is 27.6. The van der Waals surface area contributed by atoms with Crippen molar-refractivity contribution in [3.63, 3.8) is 0 Å². The Morgan fingerprint density at radius 3 is 1.96 bits per heavy atom. The van der Waals surface area contributed by atoms with E-state index in [9.17, 15) is 23.2 Å². The van der Waals surface area contributed by atoms with E-state index < -0.39 is 35.1 Å². The van der Waals surface area contributed by atoms with Crippen molar-refractivity contribution in [3.8, 4) is 0 Å². The number of rotatable bonds is 6. The van der Waals surface area contributed by atoms with Gasteiger partial charge in [-0.15, -0.1) is 0 Å². The van der Waals surface area contributed by atoms with E-state index in [1.807, 2.05) is 0 Å². The second-order valence-corrected chi connectivity index (χ2v) is 6.44. The molecule has 0 aliphatic rings. The van der Waals surface area contributed by atoms with E-state index in [0.717, 1.165) is 18.2 Å². The number of anilines is 1. The molecule has 0 bridgehead atoms. The summed E-state index contributed by atoms with van der Waals surface area (Å²) in [6, 6.07) is 8.21. The van der Waals surface area contributed by atoms with Crippen molar-refractivity contribution in [1.29, 1.82) is 0 Å². The zero-order valence-corrected chi connectivity index (χ0v) is 15.7. The number of nitrogens with one attached hydrogen (secondary N) is 3. The summed E-state index contributed by atoms with van der Waals surface area (Å²) in [7, 11) is 1.51. The van der Waals surface area contributed by atoms with E-state index in [0.29, 0.717) is 11.3 Å². The lowest BCUT2D eigenvalue weighted by Crippen LogP contribution is -2.47. The predicted molar refractivity (Wildman–Crippen MR) is 101 cm³/mol. The van der Waals surface area contributed by atoms with Crippen LogP contribution in [0.25, 0.3) is 0 Å². The lowest BCUT2D eigenvalue weighted by atomic mass is 10.0. The van der Waals surface area contributed by atoms with E-state index in [2.05, 4.69) is 16.0 Å². The average Bonchev–Trinajstić information content (AvgIpc) is 2.65. The standard InChI is InChI=1S/C20H21F2N3O3/c1-11(2)17(25-19(27)16-14(21)5-4-6-15(16)22)20(28)24-13-9-7-12(8-10-13)18(26)23-3/h4-11,17H,1-3H3,(H,23,26)(H,24,28)(H,25,27). The first kappa shape index (κ1) is 21.0. The van der Waals surface area contributed by atoms with Crippen molar-refractivity contribution in [2.24, 2.45) is 5.92 Å². The number of carbonyl (C=O) groups excluding carboxylic acids is 3. The van der Waals surface area contributed by atoms with Gasteiger partial charge in [0.25, 0.3) is 11.8 Å². The maximum Gasteiger partial charge on any atom is 0.257 e. The molecule has 2 rings (SSSR count). The fraction of sp³-hybridized carbons (Fsp3) is 0.250. The summed E-state index contributed by atoms with van der Waals surface area (Å²) in [6.07, 6.45) is 0. The number of halogens is 2. The quantitative estimate of drug-likeness (QED) is 0.710. The van der Waals surface area contributed by atoms with Crippen molar-refractivity contribution in [1.82, 2.24) is 10.6 Å². The van der Waals surface area contributed by atoms with Crippen molar-refractivity contribution < 1.29 is 23.2 Å². The van der Waals surface area contributed by atoms with Crippen molar-refractivity contribution in [2.75, 3.05) is 12.4 Å². The Bertz CT molecular complexity index is 863. The SMILES string of the molecule is CNC(=O)c1ccc(NC(=O)C(NC(=O)c2c(F)cccc2F)C(C)C)cc1. The topological polar surface area (TPSA) is 87.3 Å². The smallest absolute Gasteiger partial charge is 0.257 e. The van der Waals surface area contributed by atoms with Crippen LogP contribution in [0, 0.1) is 17.6 Å². The van der Waals surface area contributed by atoms with E-state index in [1.54, 1.807) is 13.8 Å². The summed E-state index contributed by atoms with van der Waals surface area (Å²) in [5.41, 5.74) is 0.0924. The Hall–Kier alpha value is -3.29. The van der Waals surface area contributed by atoms with Crippen molar-refractivity contribution in [3.05, 3.63) is 65.2 Å². The van der Waals surface area contributed by atoms with Crippen molar-refractivity contribution >= 4 is 23.4 Å². The predicted octanol–water partition coefficient (Wildman–Crippen LogP) is 2.72. The molecule has 148 valence electrons. The van der Waals surface area contributed by atoms with Gasteiger partial charge in [0, 0.05) is 18.3 Å². The van der Waals surface area contributed by atoms with E-state index in [1.165, 1.54) is 31.3 Å². The molecule has 3 N–H and O–H groups in total. The Morgan fingerprint density at radius 2 is 1.46 bits per heavy atom. The third kappa shape index (κ3) is 4.91. The average molecular weight is 389 g/mol. The van der Waals surface area contributed by atoms with Gasteiger partial charge < -0.3 is 16.0 Å². The zero-order chi connectivity index (χ0) is 20.8. The zero-order valence-electron chi connectivity index (χ0n) is 15.7. The van der Waals surface area contributed by atoms with Crippen LogP contribution in [-0.4, -0.2) is 30.8 Å². The van der Waals surface area contributed by atoms with Crippen LogP contribution in [0.1, 0.15) is 34.6 Å². The van der Waals surface area contributed by atoms with Crippen LogP contribution in [0.3, 0.4) is 0 Å². The van der Waals surface area contributed by atoms with E-state index >= 15 is 0 Å². The molecular weight excluding hydrogens is 368 g/mol. The largest absolute Gasteiger partial charge is 0.355 e. The number of hydrogen-bond donors (Lipinski definition) is 3. The van der Waals surface area contributed by atoms with Crippen LogP contribution < -0.4 is 16.0 Å². The van der Waals surface area contributed by atoms with Gasteiger partial charge in [-0.2, -0.15) is 0 Å². The molecule has 2 aromatic rings. The van der Waals surface area contributed by atoms with Crippen LogP contribution in [0.4, 0.5) is 14.5 Å². The monoisotopic (exact) mass is 389 g/mol. The fourth-order valence-corrected chi connectivity index (χ4v) is 2.53. The molecule has 0 aromatic heterocycles. The lowest BCUT2D eigenvalue weighted by Gasteiger charge is -2.22. The Labute approximate surface area is 161 Å². The Balaban J connectivity index is 2.14. The second-order valence-electron chi connectivity index (χ2n) is 6.44. The molecule has 0 aliphatic carbocycles. The highest BCUT2D eigenvalue weighted by Gasteiger charge is 2.27. The third-order valence-corrected chi connectivity index (χ3v) is 4.07. The highest BCUT2D eigenvalue weighted by atomic mass is 19.1. The molecule has 0 aliphatic heterocycles. The first-order chi connectivity index (χ1) is 13.2. The fourth-order valence-electron chi connectivity index (χ4n) is 2.53. The molecule has 3 amide bonds. The molecule has 2 aromatic carbocycles. The summed E-state index contributed by atoms with van der Waals surface area (Å²) in [4.78, 5) is 36.4. The summed E-state index contributed by atoms with van der Waals surface area (Å²) in [5.74, 6) is -4.19. The summed E-state index contributed by atoms with van der Waals surface area (Å²) in [6.45, 7) is 3.38. The minimum Gasteiger partial charge on any atom is -0.355 e. The molecule has 0 saturated heterocycles. The van der Waals surface area contributed by atoms with Gasteiger partial charge in [0.1, 0.15) is 23.2 Å². The van der Waals surface area contributed by atoms with Gasteiger partial charge in [-0.05, 0) is 42.3 Å². The number of benzene rings is 2. The van der Waals surface area contributed by atoms with Gasteiger partial charge in [-0.25, -0.2) is 8.78 Å². The summed E-state index contributed by atoms with van der Waals surface area (Å²) in [5, 5.41) is 7.48. The second kappa shape index (κ2) is 9.07. The van der Waals surface area contributed by atoms with Crippen LogP contribution >= 0.6 is 0 Å². The van der Waals surface area contributed by atoms with Gasteiger partial charge in [-0.1, -0.05) is 19.9 Å². The van der Waals surface area contributed by atoms with Crippen LogP contribution in [0.2, 0.25) is 0 Å². The summed E-state index contributed by atoms with van der Waals surface area (Å²) >= 11 is 0. The van der Waals surface area contributed by atoms with Crippen LogP contribution in [0.5, 0.6) is 0 Å². The molecule has 0 spiro atoms. The van der Waals surface area contributed by atoms with Crippen molar-refractivity contribution in [2.45, 2.75) is 19.9 Å². The number of amides is 3. The van der Waals surface area contributed by atoms with E-state index in [4.69, 9.17) is 0 Å². The molecule has 0 heterocycles. The molecule has 1 unspecified atom stereocenters. The Morgan fingerprint density at radius 1 is 0.893 bits per heavy atom. The minimum atomic E-state index is -1.02. The minimum absolute atomic E-state index is 0.267. The first-order valence-corrected chi connectivity index (χ1v) is 8.62. The normalized spacial score (nSPS) is 11.6. The van der Waals surface area contributed by atoms with E-state index in [-0.39, 0.29) is 11.8 Å². The first-order valence-electron chi connectivity index (χ1n) is 8.62. The third-order valence-electron chi connectivity index (χ3n) is 4.07. The molecule has 0 radical (unpaired) electrons. The highest BCUT2D eigenvalue weighted by Crippen LogP contribution is 2.15. The molecule has 6 nitrogen and oxygen atoms in total. The van der Waals surface area contributed by atoms with Crippen LogP contribution in [0.15, 0.2) is 42.5 Å². The lowest BCUT2D eigenvalue weighted by molar-refractivity contribution is -0.118. The molecule has 0 fully saturated rings. The van der Waals surface area contributed by atoms with Gasteiger partial charge >= 0.3 is 0 Å². The Kier molecular flexibility index (Phi) is 6.81. The molecule has 28 heavy (non-hydrogen) atoms. The molecule has 8 heteroatoms. The molecule has 1 atom stereocenters. The van der Waals surface area contributed by atoms with Gasteiger partial charge in [0.2, 0.25) is 5.91 Å². The van der Waals surface area contributed by atoms with Crippen LogP contribution in [-0.2, 0) is 4.79 Å². The molecule has 0 saturated carbocycles.